The van der Waals surface area contributed by atoms with Gasteiger partial charge in [0, 0.05) is 30.8 Å². The van der Waals surface area contributed by atoms with Gasteiger partial charge in [0.05, 0.1) is 0 Å². The molecule has 0 saturated carbocycles. The molecule has 1 fully saturated rings. The third-order valence-electron chi connectivity index (χ3n) is 6.30. The van der Waals surface area contributed by atoms with Gasteiger partial charge in [-0.15, -0.1) is 0 Å². The molecule has 180 valence electrons. The Morgan fingerprint density at radius 3 is 2.06 bits per heavy atom. The molecule has 1 aliphatic rings. The van der Waals surface area contributed by atoms with Crippen LogP contribution in [0.15, 0.2) is 84.9 Å². The summed E-state index contributed by atoms with van der Waals surface area (Å²) in [7, 11) is 0. The summed E-state index contributed by atoms with van der Waals surface area (Å²) in [4.78, 5) is 40.6. The van der Waals surface area contributed by atoms with Crippen molar-refractivity contribution in [2.45, 2.75) is 25.4 Å². The number of likely N-dealkylation sites (tertiary alicyclic amines) is 1. The molecule has 0 aromatic heterocycles. The molecular weight excluding hydrogens is 445 g/mol. The highest BCUT2D eigenvalue weighted by molar-refractivity contribution is 5.97. The number of hydrogen-bond donors (Lipinski definition) is 2. The van der Waals surface area contributed by atoms with Crippen molar-refractivity contribution in [1.82, 2.24) is 15.5 Å². The van der Waals surface area contributed by atoms with Crippen LogP contribution in [0, 0.1) is 11.7 Å². The summed E-state index contributed by atoms with van der Waals surface area (Å²) in [6.45, 7) is 1.26. The van der Waals surface area contributed by atoms with Crippen LogP contribution in [0.2, 0.25) is 0 Å². The van der Waals surface area contributed by atoms with Gasteiger partial charge in [-0.3, -0.25) is 14.4 Å². The summed E-state index contributed by atoms with van der Waals surface area (Å²) in [5, 5.41) is 5.87. The fraction of sp³-hybridized carbons (Fsp3) is 0.250. The second-order valence-electron chi connectivity index (χ2n) is 8.66. The molecule has 0 spiro atoms. The smallest absolute Gasteiger partial charge is 0.253 e. The molecule has 1 aliphatic heterocycles. The Morgan fingerprint density at radius 1 is 0.829 bits per heavy atom. The van der Waals surface area contributed by atoms with E-state index in [9.17, 15) is 18.8 Å². The van der Waals surface area contributed by atoms with Gasteiger partial charge in [-0.25, -0.2) is 4.39 Å². The van der Waals surface area contributed by atoms with Gasteiger partial charge in [-0.2, -0.15) is 0 Å². The summed E-state index contributed by atoms with van der Waals surface area (Å²) in [6.07, 6.45) is 1.12. The van der Waals surface area contributed by atoms with E-state index in [4.69, 9.17) is 0 Å². The number of amides is 3. The van der Waals surface area contributed by atoms with Crippen LogP contribution in [0.3, 0.4) is 0 Å². The maximum Gasteiger partial charge on any atom is 0.253 e. The maximum absolute atomic E-state index is 13.2. The highest BCUT2D eigenvalue weighted by Crippen LogP contribution is 2.23. The van der Waals surface area contributed by atoms with Crippen molar-refractivity contribution in [1.29, 1.82) is 0 Å². The predicted molar refractivity (Wildman–Crippen MR) is 131 cm³/mol. The number of benzene rings is 3. The fourth-order valence-electron chi connectivity index (χ4n) is 4.32. The maximum atomic E-state index is 13.2. The first-order chi connectivity index (χ1) is 17.0. The van der Waals surface area contributed by atoms with E-state index in [1.54, 1.807) is 29.2 Å². The highest BCUT2D eigenvalue weighted by Gasteiger charge is 2.34. The number of halogens is 1. The second-order valence-corrected chi connectivity index (χ2v) is 8.66. The van der Waals surface area contributed by atoms with Crippen LogP contribution in [0.5, 0.6) is 0 Å². The summed E-state index contributed by atoms with van der Waals surface area (Å²) in [6, 6.07) is 23.1. The SMILES string of the molecule is O=C(N[C@@H](C(=O)NCc1ccccc1)C1CCN(C(=O)c2ccc(F)cc2)CC1)c1ccccc1. The topological polar surface area (TPSA) is 78.5 Å². The van der Waals surface area contributed by atoms with Crippen LogP contribution in [-0.4, -0.2) is 41.8 Å². The van der Waals surface area contributed by atoms with Gasteiger partial charge in [-0.05, 0) is 60.7 Å². The van der Waals surface area contributed by atoms with Crippen molar-refractivity contribution in [3.8, 4) is 0 Å². The molecular formula is C28H28FN3O3. The van der Waals surface area contributed by atoms with Gasteiger partial charge in [-0.1, -0.05) is 48.5 Å². The third kappa shape index (κ3) is 6.32. The molecule has 1 atom stereocenters. The van der Waals surface area contributed by atoms with Crippen molar-refractivity contribution in [2.24, 2.45) is 5.92 Å². The predicted octanol–water partition coefficient (Wildman–Crippen LogP) is 3.79. The summed E-state index contributed by atoms with van der Waals surface area (Å²) in [5.41, 5.74) is 1.88. The Morgan fingerprint density at radius 2 is 1.43 bits per heavy atom. The van der Waals surface area contributed by atoms with Gasteiger partial charge in [0.2, 0.25) is 5.91 Å². The molecule has 3 aromatic carbocycles. The van der Waals surface area contributed by atoms with E-state index in [2.05, 4.69) is 10.6 Å². The zero-order valence-corrected chi connectivity index (χ0v) is 19.3. The lowest BCUT2D eigenvalue weighted by Crippen LogP contribution is -2.53. The third-order valence-corrected chi connectivity index (χ3v) is 6.30. The molecule has 6 nitrogen and oxygen atoms in total. The first-order valence-electron chi connectivity index (χ1n) is 11.7. The van der Waals surface area contributed by atoms with Crippen LogP contribution >= 0.6 is 0 Å². The molecule has 7 heteroatoms. The van der Waals surface area contributed by atoms with Gasteiger partial charge < -0.3 is 15.5 Å². The summed E-state index contributed by atoms with van der Waals surface area (Å²) < 4.78 is 13.2. The van der Waals surface area contributed by atoms with Gasteiger partial charge in [0.25, 0.3) is 11.8 Å². The Hall–Kier alpha value is -4.00. The average molecular weight is 474 g/mol. The van der Waals surface area contributed by atoms with Crippen molar-refractivity contribution in [3.05, 3.63) is 107 Å². The van der Waals surface area contributed by atoms with Crippen LogP contribution in [0.4, 0.5) is 4.39 Å². The van der Waals surface area contributed by atoms with E-state index in [0.29, 0.717) is 43.6 Å². The highest BCUT2D eigenvalue weighted by atomic mass is 19.1. The lowest BCUT2D eigenvalue weighted by molar-refractivity contribution is -0.124. The minimum absolute atomic E-state index is 0.129. The molecule has 1 heterocycles. The van der Waals surface area contributed by atoms with Crippen LogP contribution in [-0.2, 0) is 11.3 Å². The van der Waals surface area contributed by atoms with Gasteiger partial charge in [0.1, 0.15) is 11.9 Å². The monoisotopic (exact) mass is 473 g/mol. The standard InChI is InChI=1S/C28H28FN3O3/c29-24-13-11-23(12-14-24)28(35)32-17-15-21(16-18-32)25(31-26(33)22-9-5-2-6-10-22)27(34)30-19-20-7-3-1-4-8-20/h1-14,21,25H,15-19H2,(H,30,34)(H,31,33)/t25-/m1/s1. The molecule has 0 bridgehead atoms. The molecule has 3 amide bonds. The quantitative estimate of drug-likeness (QED) is 0.548. The zero-order valence-electron chi connectivity index (χ0n) is 19.3. The fourth-order valence-corrected chi connectivity index (χ4v) is 4.32. The summed E-state index contributed by atoms with van der Waals surface area (Å²) in [5.74, 6) is -1.24. The number of piperidine rings is 1. The number of carbonyl (C=O) groups excluding carboxylic acids is 3. The molecule has 1 saturated heterocycles. The van der Waals surface area contributed by atoms with Crippen LogP contribution < -0.4 is 10.6 Å². The van der Waals surface area contributed by atoms with E-state index in [-0.39, 0.29) is 23.6 Å². The largest absolute Gasteiger partial charge is 0.350 e. The Balaban J connectivity index is 1.43. The Labute approximate surface area is 204 Å². The van der Waals surface area contributed by atoms with E-state index in [1.165, 1.54) is 24.3 Å². The van der Waals surface area contributed by atoms with Gasteiger partial charge >= 0.3 is 0 Å². The van der Waals surface area contributed by atoms with E-state index < -0.39 is 11.9 Å². The molecule has 2 N–H and O–H groups in total. The van der Waals surface area contributed by atoms with Crippen LogP contribution in [0.1, 0.15) is 39.1 Å². The number of hydrogen-bond acceptors (Lipinski definition) is 3. The van der Waals surface area contributed by atoms with E-state index >= 15 is 0 Å². The van der Waals surface area contributed by atoms with Crippen molar-refractivity contribution in [3.63, 3.8) is 0 Å². The number of rotatable bonds is 7. The van der Waals surface area contributed by atoms with E-state index in [1.807, 2.05) is 36.4 Å². The Kier molecular flexibility index (Phi) is 7.88. The minimum atomic E-state index is -0.727. The molecule has 4 rings (SSSR count). The number of nitrogens with one attached hydrogen (secondary N) is 2. The lowest BCUT2D eigenvalue weighted by Gasteiger charge is -2.36. The first kappa shape index (κ1) is 24.1. The molecule has 0 aliphatic carbocycles. The molecule has 35 heavy (non-hydrogen) atoms. The number of carbonyl (C=O) groups is 3. The first-order valence-corrected chi connectivity index (χ1v) is 11.7. The lowest BCUT2D eigenvalue weighted by atomic mass is 9.88. The van der Waals surface area contributed by atoms with Crippen LogP contribution in [0.25, 0.3) is 0 Å². The zero-order chi connectivity index (χ0) is 24.6. The Bertz CT molecular complexity index is 1150. The van der Waals surface area contributed by atoms with E-state index in [0.717, 1.165) is 5.56 Å². The second kappa shape index (κ2) is 11.4. The average Bonchev–Trinajstić information content (AvgIpc) is 2.91. The molecule has 3 aromatic rings. The molecule has 0 radical (unpaired) electrons. The minimum Gasteiger partial charge on any atom is -0.350 e. The normalized spacial score (nSPS) is 14.7. The van der Waals surface area contributed by atoms with Crippen molar-refractivity contribution >= 4 is 17.7 Å². The van der Waals surface area contributed by atoms with Crippen molar-refractivity contribution < 1.29 is 18.8 Å². The van der Waals surface area contributed by atoms with Gasteiger partial charge in [0.15, 0.2) is 0 Å². The van der Waals surface area contributed by atoms with Crippen molar-refractivity contribution in [2.75, 3.05) is 13.1 Å². The molecule has 0 unspecified atom stereocenters. The number of nitrogens with zero attached hydrogens (tertiary/aromatic N) is 1. The summed E-state index contributed by atoms with van der Waals surface area (Å²) >= 11 is 0.